The molecule has 2 aromatic rings. The molecule has 0 saturated carbocycles. The van der Waals surface area contributed by atoms with Gasteiger partial charge in [-0.15, -0.1) is 0 Å². The molecule has 1 fully saturated rings. The van der Waals surface area contributed by atoms with Gasteiger partial charge in [0.25, 0.3) is 0 Å². The Kier molecular flexibility index (Phi) is 5.74. The molecule has 1 aliphatic heterocycles. The number of benzene rings is 2. The summed E-state index contributed by atoms with van der Waals surface area (Å²) in [5.41, 5.74) is 3.40. The lowest BCUT2D eigenvalue weighted by Crippen LogP contribution is -2.36. The molecule has 0 amide bonds. The zero-order valence-electron chi connectivity index (χ0n) is 14.0. The molecule has 1 aliphatic rings. The van der Waals surface area contributed by atoms with Gasteiger partial charge in [0.15, 0.2) is 5.78 Å². The van der Waals surface area contributed by atoms with Crippen LogP contribution in [0.2, 0.25) is 5.02 Å². The minimum absolute atomic E-state index is 0.0131. The van der Waals surface area contributed by atoms with E-state index in [2.05, 4.69) is 28.9 Å². The Hall–Kier alpha value is -2.30. The van der Waals surface area contributed by atoms with Crippen molar-refractivity contribution < 1.29 is 9.53 Å². The minimum Gasteiger partial charge on any atom is -0.378 e. The summed E-state index contributed by atoms with van der Waals surface area (Å²) in [5.74, 6) is 0.0131. The molecule has 0 bridgehead atoms. The molecule has 5 heteroatoms. The molecule has 1 heterocycles. The number of ketones is 1. The second-order valence-electron chi connectivity index (χ2n) is 5.98. The van der Waals surface area contributed by atoms with Gasteiger partial charge in [0.2, 0.25) is 0 Å². The van der Waals surface area contributed by atoms with Crippen LogP contribution in [0, 0.1) is 0 Å². The monoisotopic (exact) mass is 356 g/mol. The zero-order valence-corrected chi connectivity index (χ0v) is 14.8. The normalized spacial score (nSPS) is 14.2. The maximum atomic E-state index is 12.3. The Morgan fingerprint density at radius 3 is 2.36 bits per heavy atom. The molecular formula is C20H21ClN2O2. The molecule has 0 aromatic heterocycles. The molecule has 0 radical (unpaired) electrons. The molecule has 1 N–H and O–H groups in total. The van der Waals surface area contributed by atoms with E-state index >= 15 is 0 Å². The van der Waals surface area contributed by atoms with Crippen LogP contribution in [0.15, 0.2) is 60.8 Å². The van der Waals surface area contributed by atoms with E-state index in [1.54, 1.807) is 24.3 Å². The fraction of sp³-hybridized carbons (Fsp3) is 0.250. The first-order chi connectivity index (χ1) is 12.1. The largest absolute Gasteiger partial charge is 0.378 e. The van der Waals surface area contributed by atoms with E-state index < -0.39 is 0 Å². The fourth-order valence-corrected chi connectivity index (χ4v) is 2.88. The second kappa shape index (κ2) is 8.19. The molecule has 4 nitrogen and oxygen atoms in total. The third-order valence-corrected chi connectivity index (χ3v) is 4.36. The van der Waals surface area contributed by atoms with E-state index in [4.69, 9.17) is 16.3 Å². The lowest BCUT2D eigenvalue weighted by atomic mass is 10.1. The van der Waals surface area contributed by atoms with Gasteiger partial charge in [0, 0.05) is 40.7 Å². The highest BCUT2D eigenvalue weighted by Gasteiger charge is 2.11. The predicted octanol–water partition coefficient (Wildman–Crippen LogP) is 4.38. The highest BCUT2D eigenvalue weighted by atomic mass is 35.5. The molecule has 0 atom stereocenters. The van der Waals surface area contributed by atoms with Crippen LogP contribution in [0.3, 0.4) is 0 Å². The second-order valence-corrected chi connectivity index (χ2v) is 6.42. The van der Waals surface area contributed by atoms with Crippen molar-refractivity contribution in [2.24, 2.45) is 0 Å². The lowest BCUT2D eigenvalue weighted by molar-refractivity contribution is 0.0993. The standard InChI is InChI=1S/C20H21ClN2O2/c1-15(14-20(24)16-2-4-17(21)5-3-16)22-18-6-8-19(9-7-18)23-10-12-25-13-11-23/h2-9,22H,1,10-14H2. The average Bonchev–Trinajstić information content (AvgIpc) is 2.63. The quantitative estimate of drug-likeness (QED) is 0.780. The minimum atomic E-state index is 0.0131. The van der Waals surface area contributed by atoms with Crippen molar-refractivity contribution in [1.29, 1.82) is 0 Å². The number of nitrogens with zero attached hydrogens (tertiary/aromatic N) is 1. The third kappa shape index (κ3) is 4.84. The number of morpholine rings is 1. The van der Waals surface area contributed by atoms with Gasteiger partial charge >= 0.3 is 0 Å². The van der Waals surface area contributed by atoms with Crippen molar-refractivity contribution in [3.05, 3.63) is 71.4 Å². The van der Waals surface area contributed by atoms with E-state index in [9.17, 15) is 4.79 Å². The first-order valence-corrected chi connectivity index (χ1v) is 8.66. The number of carbonyl (C=O) groups excluding carboxylic acids is 1. The van der Waals surface area contributed by atoms with E-state index in [0.29, 0.717) is 16.3 Å². The fourth-order valence-electron chi connectivity index (χ4n) is 2.76. The van der Waals surface area contributed by atoms with Crippen LogP contribution in [0.25, 0.3) is 0 Å². The van der Waals surface area contributed by atoms with Gasteiger partial charge in [-0.05, 0) is 48.5 Å². The van der Waals surface area contributed by atoms with Crippen molar-refractivity contribution in [3.63, 3.8) is 0 Å². The number of anilines is 2. The number of ether oxygens (including phenoxy) is 1. The van der Waals surface area contributed by atoms with Crippen LogP contribution in [0.5, 0.6) is 0 Å². The van der Waals surface area contributed by atoms with Crippen LogP contribution >= 0.6 is 11.6 Å². The highest BCUT2D eigenvalue weighted by molar-refractivity contribution is 6.30. The number of allylic oxidation sites excluding steroid dienone is 1. The van der Waals surface area contributed by atoms with E-state index in [1.165, 1.54) is 5.69 Å². The molecule has 130 valence electrons. The van der Waals surface area contributed by atoms with Crippen molar-refractivity contribution in [1.82, 2.24) is 0 Å². The van der Waals surface area contributed by atoms with E-state index in [1.807, 2.05) is 12.1 Å². The van der Waals surface area contributed by atoms with Crippen LogP contribution in [-0.2, 0) is 4.74 Å². The van der Waals surface area contributed by atoms with Gasteiger partial charge in [-0.2, -0.15) is 0 Å². The lowest BCUT2D eigenvalue weighted by Gasteiger charge is -2.29. The summed E-state index contributed by atoms with van der Waals surface area (Å²) < 4.78 is 5.37. The predicted molar refractivity (Wildman–Crippen MR) is 103 cm³/mol. The molecule has 0 spiro atoms. The summed E-state index contributed by atoms with van der Waals surface area (Å²) in [4.78, 5) is 14.6. The van der Waals surface area contributed by atoms with Crippen molar-refractivity contribution in [2.75, 3.05) is 36.5 Å². The maximum absolute atomic E-state index is 12.3. The number of Topliss-reactive ketones (excluding diaryl/α,β-unsaturated/α-hetero) is 1. The van der Waals surface area contributed by atoms with Crippen LogP contribution < -0.4 is 10.2 Å². The molecule has 1 saturated heterocycles. The van der Waals surface area contributed by atoms with Crippen molar-refractivity contribution in [2.45, 2.75) is 6.42 Å². The smallest absolute Gasteiger partial charge is 0.168 e. The van der Waals surface area contributed by atoms with Crippen LogP contribution in [0.4, 0.5) is 11.4 Å². The van der Waals surface area contributed by atoms with Gasteiger partial charge in [-0.25, -0.2) is 0 Å². The Morgan fingerprint density at radius 2 is 1.72 bits per heavy atom. The molecule has 0 aliphatic carbocycles. The van der Waals surface area contributed by atoms with Crippen molar-refractivity contribution >= 4 is 28.8 Å². The van der Waals surface area contributed by atoms with Gasteiger partial charge in [-0.3, -0.25) is 4.79 Å². The summed E-state index contributed by atoms with van der Waals surface area (Å²) in [7, 11) is 0. The van der Waals surface area contributed by atoms with Gasteiger partial charge in [0.05, 0.1) is 19.6 Å². The average molecular weight is 357 g/mol. The van der Waals surface area contributed by atoms with Gasteiger partial charge in [-0.1, -0.05) is 18.2 Å². The van der Waals surface area contributed by atoms with Gasteiger partial charge in [0.1, 0.15) is 0 Å². The SMILES string of the molecule is C=C(CC(=O)c1ccc(Cl)cc1)Nc1ccc(N2CCOCC2)cc1. The third-order valence-electron chi connectivity index (χ3n) is 4.10. The molecular weight excluding hydrogens is 336 g/mol. The number of rotatable bonds is 6. The first kappa shape index (κ1) is 17.5. The molecule has 3 rings (SSSR count). The zero-order chi connectivity index (χ0) is 17.6. The highest BCUT2D eigenvalue weighted by Crippen LogP contribution is 2.21. The Bertz CT molecular complexity index is 735. The number of halogens is 1. The number of nitrogens with one attached hydrogen (secondary N) is 1. The van der Waals surface area contributed by atoms with Gasteiger partial charge < -0.3 is 15.0 Å². The van der Waals surface area contributed by atoms with E-state index in [0.717, 1.165) is 32.0 Å². The first-order valence-electron chi connectivity index (χ1n) is 8.28. The number of hydrogen-bond acceptors (Lipinski definition) is 4. The summed E-state index contributed by atoms with van der Waals surface area (Å²) >= 11 is 5.85. The number of carbonyl (C=O) groups is 1. The summed E-state index contributed by atoms with van der Waals surface area (Å²) in [6.07, 6.45) is 0.243. The summed E-state index contributed by atoms with van der Waals surface area (Å²) in [6.45, 7) is 7.32. The number of hydrogen-bond donors (Lipinski definition) is 1. The molecule has 2 aromatic carbocycles. The summed E-state index contributed by atoms with van der Waals surface area (Å²) in [5, 5.41) is 3.82. The molecule has 0 unspecified atom stereocenters. The molecule has 25 heavy (non-hydrogen) atoms. The summed E-state index contributed by atoms with van der Waals surface area (Å²) in [6, 6.07) is 15.0. The Morgan fingerprint density at radius 1 is 1.08 bits per heavy atom. The Balaban J connectivity index is 1.55. The van der Waals surface area contributed by atoms with Crippen LogP contribution in [0.1, 0.15) is 16.8 Å². The van der Waals surface area contributed by atoms with Crippen LogP contribution in [-0.4, -0.2) is 32.1 Å². The maximum Gasteiger partial charge on any atom is 0.168 e. The van der Waals surface area contributed by atoms with E-state index in [-0.39, 0.29) is 12.2 Å². The topological polar surface area (TPSA) is 41.6 Å². The Labute approximate surface area is 153 Å². The van der Waals surface area contributed by atoms with Crippen molar-refractivity contribution in [3.8, 4) is 0 Å².